The Morgan fingerprint density at radius 1 is 0.484 bits per heavy atom. The minimum atomic E-state index is -0.109. The minimum Gasteiger partial charge on any atom is -0.456 e. The van der Waals surface area contributed by atoms with E-state index in [0.717, 1.165) is 38.5 Å². The van der Waals surface area contributed by atoms with Gasteiger partial charge in [0.2, 0.25) is 0 Å². The predicted octanol–water partition coefficient (Wildman–Crippen LogP) is 14.8. The summed E-state index contributed by atoms with van der Waals surface area (Å²) in [7, 11) is 0. The maximum atomic E-state index is 6.84. The highest BCUT2D eigenvalue weighted by Gasteiger charge is 2.45. The van der Waals surface area contributed by atoms with Crippen LogP contribution in [0, 0.1) is 0 Å². The summed E-state index contributed by atoms with van der Waals surface area (Å²) in [4.78, 5) is 2.65. The van der Waals surface area contributed by atoms with E-state index in [-0.39, 0.29) is 17.7 Å². The van der Waals surface area contributed by atoms with E-state index >= 15 is 0 Å². The van der Waals surface area contributed by atoms with Crippen LogP contribution in [0.3, 0.4) is 0 Å². The summed E-state index contributed by atoms with van der Waals surface area (Å²) in [6, 6.07) is 52.5. The zero-order valence-electron chi connectivity index (χ0n) is 35.5. The van der Waals surface area contributed by atoms with Gasteiger partial charge >= 0.3 is 6.85 Å². The maximum absolute atomic E-state index is 6.84. The number of rotatable bonds is 1. The Kier molecular flexibility index (Phi) is 6.52. The van der Waals surface area contributed by atoms with Crippen LogP contribution in [-0.4, -0.2) is 11.4 Å². The second-order valence-electron chi connectivity index (χ2n) is 19.7. The summed E-state index contributed by atoms with van der Waals surface area (Å²) in [5, 5.41) is 9.69. The van der Waals surface area contributed by atoms with Crippen LogP contribution in [0.1, 0.15) is 52.7 Å². The van der Waals surface area contributed by atoms with Gasteiger partial charge in [0.25, 0.3) is 0 Å². The van der Waals surface area contributed by atoms with Crippen LogP contribution in [0.2, 0.25) is 0 Å². The molecule has 0 unspecified atom stereocenters. The summed E-state index contributed by atoms with van der Waals surface area (Å²) < 4.78 is 18.6. The molecule has 6 heterocycles. The number of thiophene rings is 1. The molecule has 14 rings (SSSR count). The normalized spacial score (nSPS) is 13.9. The Morgan fingerprint density at radius 3 is 2.02 bits per heavy atom. The average Bonchev–Trinajstić information content (AvgIpc) is 4.02. The molecular formula is C56H41BN2O2S. The number of anilines is 2. The highest BCUT2D eigenvalue weighted by atomic mass is 32.1. The molecule has 0 saturated heterocycles. The summed E-state index contributed by atoms with van der Waals surface area (Å²) in [6.07, 6.45) is 0. The van der Waals surface area contributed by atoms with Gasteiger partial charge in [0.05, 0.1) is 11.0 Å². The van der Waals surface area contributed by atoms with Gasteiger partial charge in [-0.1, -0.05) is 114 Å². The van der Waals surface area contributed by atoms with Crippen molar-refractivity contribution in [3.8, 4) is 16.8 Å². The Hall–Kier alpha value is -6.76. The predicted molar refractivity (Wildman–Crippen MR) is 265 cm³/mol. The van der Waals surface area contributed by atoms with Gasteiger partial charge in [-0.15, -0.1) is 11.3 Å². The van der Waals surface area contributed by atoms with Crippen molar-refractivity contribution in [2.45, 2.75) is 52.4 Å². The third-order valence-electron chi connectivity index (χ3n) is 14.1. The van der Waals surface area contributed by atoms with Crippen molar-refractivity contribution in [2.75, 3.05) is 4.81 Å². The summed E-state index contributed by atoms with van der Waals surface area (Å²) in [6.45, 7) is 13.6. The van der Waals surface area contributed by atoms with E-state index in [1.807, 2.05) is 11.3 Å². The molecule has 0 atom stereocenters. The van der Waals surface area contributed by atoms with Gasteiger partial charge < -0.3 is 18.2 Å². The minimum absolute atomic E-state index is 0.00913. The number of aromatic nitrogens is 1. The first-order valence-corrected chi connectivity index (χ1v) is 22.6. The molecule has 0 N–H and O–H groups in total. The summed E-state index contributed by atoms with van der Waals surface area (Å²) in [5.41, 5.74) is 17.4. The average molecular weight is 817 g/mol. The molecule has 0 aliphatic carbocycles. The van der Waals surface area contributed by atoms with E-state index in [0.29, 0.717) is 0 Å². The first-order chi connectivity index (χ1) is 30.0. The second kappa shape index (κ2) is 11.6. The van der Waals surface area contributed by atoms with Crippen molar-refractivity contribution in [1.29, 1.82) is 0 Å². The summed E-state index contributed by atoms with van der Waals surface area (Å²) >= 11 is 1.90. The molecule has 0 bridgehead atoms. The third kappa shape index (κ3) is 4.47. The lowest BCUT2D eigenvalue weighted by molar-refractivity contribution is 0.587. The molecule has 0 radical (unpaired) electrons. The highest BCUT2D eigenvalue weighted by molar-refractivity contribution is 7.26. The number of hydrogen-bond acceptors (Lipinski definition) is 4. The third-order valence-corrected chi connectivity index (χ3v) is 15.2. The number of hydrogen-bond donors (Lipinski definition) is 0. The largest absolute Gasteiger partial charge is 0.456 e. The topological polar surface area (TPSA) is 34.5 Å². The van der Waals surface area contributed by atoms with E-state index < -0.39 is 0 Å². The van der Waals surface area contributed by atoms with Gasteiger partial charge in [0, 0.05) is 75.1 Å². The molecule has 0 saturated carbocycles. The highest BCUT2D eigenvalue weighted by Crippen LogP contribution is 2.50. The van der Waals surface area contributed by atoms with Gasteiger partial charge in [0.15, 0.2) is 0 Å². The molecule has 6 heteroatoms. The Labute approximate surface area is 362 Å². The smallest absolute Gasteiger partial charge is 0.333 e. The lowest BCUT2D eigenvalue weighted by Crippen LogP contribution is -2.60. The van der Waals surface area contributed by atoms with Crippen LogP contribution in [0.5, 0.6) is 0 Å². The van der Waals surface area contributed by atoms with Crippen LogP contribution in [0.4, 0.5) is 11.4 Å². The number of para-hydroxylation sites is 1. The molecule has 0 fully saturated rings. The lowest BCUT2D eigenvalue weighted by Gasteiger charge is -2.42. The van der Waals surface area contributed by atoms with E-state index in [9.17, 15) is 0 Å². The van der Waals surface area contributed by atoms with E-state index in [2.05, 4.69) is 190 Å². The SMILES string of the molecule is CC(C)(C)c1ccc(N2B3c4cc5sc6ccccc6c5cc4-n4c5ccc6oc7ccccc7c6c5c5ccc(c3c54)-c3cc4oc5cc(C(C)(C)C)ccc5c4cc32)cc1. The van der Waals surface area contributed by atoms with Gasteiger partial charge in [-0.05, 0) is 105 Å². The van der Waals surface area contributed by atoms with Crippen molar-refractivity contribution in [3.63, 3.8) is 0 Å². The zero-order chi connectivity index (χ0) is 41.6. The molecule has 2 aliphatic heterocycles. The first-order valence-electron chi connectivity index (χ1n) is 21.8. The summed E-state index contributed by atoms with van der Waals surface area (Å²) in [5.74, 6) is 0. The van der Waals surface area contributed by atoms with Crippen LogP contribution in [0.25, 0.3) is 103 Å². The zero-order valence-corrected chi connectivity index (χ0v) is 36.3. The van der Waals surface area contributed by atoms with E-state index in [1.165, 1.54) is 97.6 Å². The Balaban J connectivity index is 1.16. The van der Waals surface area contributed by atoms with Crippen molar-refractivity contribution in [2.24, 2.45) is 0 Å². The first kappa shape index (κ1) is 34.9. The molecule has 4 nitrogen and oxygen atoms in total. The molecule has 2 aliphatic rings. The van der Waals surface area contributed by atoms with Crippen LogP contribution < -0.4 is 15.7 Å². The molecular weight excluding hydrogens is 776 g/mol. The van der Waals surface area contributed by atoms with Crippen LogP contribution in [-0.2, 0) is 10.8 Å². The fraction of sp³-hybridized carbons (Fsp3) is 0.143. The standard InChI is InChI=1S/C56H41BN2O2S/c1-55(2,3)30-15-18-32(19-16-30)59-43-26-39-33-20-17-31(56(4,5)6)25-47(33)61-48(39)28-38(43)35-21-22-37-51-42(23-24-46-52(51)36-12-7-9-13-45(36)60-46)58-44-27-40-34-11-8-10-14-49(34)62-50(40)29-41(44)57(59)53(35)54(37)58/h7-29H,1-6H3. The van der Waals surface area contributed by atoms with Crippen molar-refractivity contribution in [1.82, 2.24) is 4.57 Å². The second-order valence-corrected chi connectivity index (χ2v) is 20.8. The molecule has 0 spiro atoms. The Morgan fingerprint density at radius 2 is 1.19 bits per heavy atom. The van der Waals surface area contributed by atoms with Gasteiger partial charge in [-0.3, -0.25) is 0 Å². The molecule has 0 amide bonds. The number of benzene rings is 8. The lowest BCUT2D eigenvalue weighted by atomic mass is 9.44. The van der Waals surface area contributed by atoms with Crippen molar-refractivity contribution in [3.05, 3.63) is 151 Å². The molecule has 12 aromatic rings. The van der Waals surface area contributed by atoms with Crippen molar-refractivity contribution < 1.29 is 8.83 Å². The number of furan rings is 2. The van der Waals surface area contributed by atoms with Crippen LogP contribution >= 0.6 is 11.3 Å². The quantitative estimate of drug-likeness (QED) is 0.155. The molecule has 4 aromatic heterocycles. The maximum Gasteiger partial charge on any atom is 0.333 e. The number of fused-ring (bicyclic) bond motifs is 18. The van der Waals surface area contributed by atoms with Gasteiger partial charge in [0.1, 0.15) is 22.3 Å². The van der Waals surface area contributed by atoms with Crippen LogP contribution in [0.15, 0.2) is 148 Å². The monoisotopic (exact) mass is 816 g/mol. The van der Waals surface area contributed by atoms with Gasteiger partial charge in [-0.2, -0.15) is 0 Å². The molecule has 296 valence electrons. The molecule has 62 heavy (non-hydrogen) atoms. The number of nitrogens with zero attached hydrogens (tertiary/aromatic N) is 2. The fourth-order valence-corrected chi connectivity index (χ4v) is 12.2. The van der Waals surface area contributed by atoms with Crippen molar-refractivity contribution >= 4 is 126 Å². The fourth-order valence-electron chi connectivity index (χ4n) is 11.1. The molecule has 8 aromatic carbocycles. The van der Waals surface area contributed by atoms with E-state index in [4.69, 9.17) is 8.83 Å². The Bertz CT molecular complexity index is 3960. The van der Waals surface area contributed by atoms with Gasteiger partial charge in [-0.25, -0.2) is 0 Å². The van der Waals surface area contributed by atoms with E-state index in [1.54, 1.807) is 0 Å².